The van der Waals surface area contributed by atoms with Crippen molar-refractivity contribution >= 4 is 29.2 Å². The molecule has 0 saturated carbocycles. The minimum absolute atomic E-state index is 0.208. The van der Waals surface area contributed by atoms with Crippen molar-refractivity contribution in [2.45, 2.75) is 18.3 Å². The van der Waals surface area contributed by atoms with Crippen molar-refractivity contribution in [2.75, 3.05) is 25.6 Å². The van der Waals surface area contributed by atoms with Crippen molar-refractivity contribution in [1.82, 2.24) is 9.03 Å². The van der Waals surface area contributed by atoms with E-state index in [-0.39, 0.29) is 5.44 Å². The Kier molecular flexibility index (Phi) is 4.10. The van der Waals surface area contributed by atoms with Crippen LogP contribution in [0.2, 0.25) is 0 Å². The summed E-state index contributed by atoms with van der Waals surface area (Å²) in [5.74, 6) is 0. The van der Waals surface area contributed by atoms with Gasteiger partial charge in [0.1, 0.15) is 14.1 Å². The first kappa shape index (κ1) is 13.3. The molecule has 0 aromatic heterocycles. The lowest BCUT2D eigenvalue weighted by atomic mass is 9.72. The van der Waals surface area contributed by atoms with Gasteiger partial charge in [-0.2, -0.15) is 0 Å². The number of sulfonamides is 1. The van der Waals surface area contributed by atoms with E-state index in [0.29, 0.717) is 25.9 Å². The first-order chi connectivity index (χ1) is 6.73. The predicted molar refractivity (Wildman–Crippen MR) is 64.1 cm³/mol. The Hall–Kier alpha value is 0.245. The van der Waals surface area contributed by atoms with Crippen LogP contribution in [0.25, 0.3) is 0 Å². The maximum atomic E-state index is 11.3. The Morgan fingerprint density at radius 3 is 2.27 bits per heavy atom. The Balaban J connectivity index is 2.55. The monoisotopic (exact) mass is 252 g/mol. The number of hydrogen-bond donors (Lipinski definition) is 1. The third-order valence-corrected chi connectivity index (χ3v) is 4.77. The van der Waals surface area contributed by atoms with Gasteiger partial charge < -0.3 is 4.55 Å². The predicted octanol–water partition coefficient (Wildman–Crippen LogP) is -1.75. The SMILES string of the molecule is BC1(N[S+](C)[O-])CCN(S(C)(=O)=O)CC1. The summed E-state index contributed by atoms with van der Waals surface area (Å²) in [5.41, 5.74) is -0.208. The average Bonchev–Trinajstić information content (AvgIpc) is 2.00. The molecule has 1 rings (SSSR count). The molecule has 1 aliphatic heterocycles. The molecule has 0 bridgehead atoms. The molecule has 1 aliphatic rings. The van der Waals surface area contributed by atoms with Crippen LogP contribution in [0, 0.1) is 0 Å². The van der Waals surface area contributed by atoms with Crippen LogP contribution in [0.3, 0.4) is 0 Å². The second-order valence-corrected chi connectivity index (χ2v) is 7.37. The van der Waals surface area contributed by atoms with E-state index >= 15 is 0 Å². The van der Waals surface area contributed by atoms with Gasteiger partial charge in [0.05, 0.1) is 6.26 Å². The van der Waals surface area contributed by atoms with Gasteiger partial charge >= 0.3 is 0 Å². The van der Waals surface area contributed by atoms with Gasteiger partial charge in [-0.1, -0.05) is 0 Å². The summed E-state index contributed by atoms with van der Waals surface area (Å²) in [6.07, 6.45) is 4.20. The van der Waals surface area contributed by atoms with E-state index in [1.807, 2.05) is 7.85 Å². The standard InChI is InChI=1S/C7H17BN2O3S2/c1-14(11)9-7(8)3-5-10(6-4-7)15(2,12)13/h9H,3-6,8H2,1-2H3. The van der Waals surface area contributed by atoms with E-state index in [2.05, 4.69) is 4.72 Å². The maximum Gasteiger partial charge on any atom is 0.211 e. The normalized spacial score (nSPS) is 25.0. The fraction of sp³-hybridized carbons (Fsp3) is 1.00. The zero-order valence-electron chi connectivity index (χ0n) is 9.32. The first-order valence-corrected chi connectivity index (χ1v) is 8.20. The highest BCUT2D eigenvalue weighted by molar-refractivity contribution is 7.89. The Morgan fingerprint density at radius 2 is 1.93 bits per heavy atom. The van der Waals surface area contributed by atoms with Crippen LogP contribution < -0.4 is 4.72 Å². The van der Waals surface area contributed by atoms with E-state index in [1.54, 1.807) is 6.26 Å². The second-order valence-electron chi connectivity index (χ2n) is 4.28. The molecule has 1 heterocycles. The zero-order chi connectivity index (χ0) is 11.7. The summed E-state index contributed by atoms with van der Waals surface area (Å²) in [6, 6.07) is 0. The Labute approximate surface area is 95.4 Å². The Bertz CT molecular complexity index is 312. The van der Waals surface area contributed by atoms with Crippen LogP contribution in [0.4, 0.5) is 0 Å². The minimum Gasteiger partial charge on any atom is -0.598 e. The summed E-state index contributed by atoms with van der Waals surface area (Å²) in [7, 11) is -1.09. The lowest BCUT2D eigenvalue weighted by molar-refractivity contribution is 0.285. The van der Waals surface area contributed by atoms with E-state index in [9.17, 15) is 13.0 Å². The highest BCUT2D eigenvalue weighted by Crippen LogP contribution is 2.21. The summed E-state index contributed by atoms with van der Waals surface area (Å²) < 4.78 is 38.0. The molecule has 1 unspecified atom stereocenters. The fourth-order valence-electron chi connectivity index (χ4n) is 1.76. The molecule has 0 aromatic carbocycles. The van der Waals surface area contributed by atoms with Crippen molar-refractivity contribution in [3.05, 3.63) is 0 Å². The van der Waals surface area contributed by atoms with Crippen LogP contribution in [0.1, 0.15) is 12.8 Å². The minimum atomic E-state index is -3.07. The van der Waals surface area contributed by atoms with Crippen LogP contribution in [-0.2, 0) is 21.4 Å². The van der Waals surface area contributed by atoms with E-state index in [4.69, 9.17) is 0 Å². The van der Waals surface area contributed by atoms with Gasteiger partial charge in [0.15, 0.2) is 0 Å². The summed E-state index contributed by atoms with van der Waals surface area (Å²) in [6.45, 7) is 0.999. The van der Waals surface area contributed by atoms with Gasteiger partial charge in [-0.15, -0.1) is 4.72 Å². The number of hydrogen-bond acceptors (Lipinski definition) is 4. The van der Waals surface area contributed by atoms with Crippen molar-refractivity contribution in [2.24, 2.45) is 0 Å². The topological polar surface area (TPSA) is 72.5 Å². The lowest BCUT2D eigenvalue weighted by Crippen LogP contribution is -2.56. The molecule has 88 valence electrons. The van der Waals surface area contributed by atoms with Gasteiger partial charge in [-0.3, -0.25) is 0 Å². The van der Waals surface area contributed by atoms with E-state index in [1.165, 1.54) is 10.6 Å². The molecule has 0 aliphatic carbocycles. The molecule has 1 fully saturated rings. The number of piperidine rings is 1. The van der Waals surface area contributed by atoms with E-state index < -0.39 is 21.4 Å². The number of nitrogens with one attached hydrogen (secondary N) is 1. The van der Waals surface area contributed by atoms with Gasteiger partial charge in [0.2, 0.25) is 10.0 Å². The maximum absolute atomic E-state index is 11.3. The number of rotatable bonds is 3. The highest BCUT2D eigenvalue weighted by Gasteiger charge is 2.35. The van der Waals surface area contributed by atoms with Crippen molar-refractivity contribution < 1.29 is 13.0 Å². The molecule has 0 spiro atoms. The molecular weight excluding hydrogens is 235 g/mol. The van der Waals surface area contributed by atoms with Crippen LogP contribution >= 0.6 is 0 Å². The molecule has 8 heteroatoms. The van der Waals surface area contributed by atoms with Gasteiger partial charge in [-0.25, -0.2) is 12.7 Å². The molecule has 0 aromatic rings. The molecule has 1 N–H and O–H groups in total. The quantitative estimate of drug-likeness (QED) is 0.478. The van der Waals surface area contributed by atoms with Crippen molar-refractivity contribution in [1.29, 1.82) is 0 Å². The molecular formula is C7H17BN2O3S2. The molecule has 0 radical (unpaired) electrons. The Morgan fingerprint density at radius 1 is 1.47 bits per heavy atom. The van der Waals surface area contributed by atoms with E-state index in [0.717, 1.165) is 0 Å². The van der Waals surface area contributed by atoms with Crippen molar-refractivity contribution in [3.8, 4) is 0 Å². The van der Waals surface area contributed by atoms with Crippen molar-refractivity contribution in [3.63, 3.8) is 0 Å². The van der Waals surface area contributed by atoms with Gasteiger partial charge in [0.25, 0.3) is 0 Å². The molecule has 15 heavy (non-hydrogen) atoms. The fourth-order valence-corrected chi connectivity index (χ4v) is 3.50. The summed E-state index contributed by atoms with van der Waals surface area (Å²) >= 11 is -1.05. The number of nitrogens with zero attached hydrogens (tertiary/aromatic N) is 1. The first-order valence-electron chi connectivity index (χ1n) is 4.79. The summed E-state index contributed by atoms with van der Waals surface area (Å²) in [5, 5.41) is 0. The largest absolute Gasteiger partial charge is 0.598 e. The second kappa shape index (κ2) is 4.62. The molecule has 0 amide bonds. The highest BCUT2D eigenvalue weighted by atomic mass is 32.2. The third-order valence-electron chi connectivity index (χ3n) is 2.69. The summed E-state index contributed by atoms with van der Waals surface area (Å²) in [4.78, 5) is 0. The van der Waals surface area contributed by atoms with Crippen LogP contribution in [0.15, 0.2) is 0 Å². The van der Waals surface area contributed by atoms with Gasteiger partial charge in [0, 0.05) is 29.9 Å². The zero-order valence-corrected chi connectivity index (χ0v) is 10.9. The smallest absolute Gasteiger partial charge is 0.211 e. The molecule has 1 atom stereocenters. The molecule has 1 saturated heterocycles. The molecule has 5 nitrogen and oxygen atoms in total. The van der Waals surface area contributed by atoms with Crippen LogP contribution in [-0.4, -0.2) is 56.2 Å². The lowest BCUT2D eigenvalue weighted by Gasteiger charge is -2.37. The third kappa shape index (κ3) is 3.95. The van der Waals surface area contributed by atoms with Crippen LogP contribution in [0.5, 0.6) is 0 Å². The average molecular weight is 252 g/mol. The van der Waals surface area contributed by atoms with Gasteiger partial charge in [-0.05, 0) is 12.8 Å².